The Balaban J connectivity index is 1.41. The number of carbonyl (C=O) groups excluding carboxylic acids is 2. The van der Waals surface area contributed by atoms with Crippen LogP contribution in [0.15, 0.2) is 29.3 Å². The Morgan fingerprint density at radius 2 is 2.00 bits per heavy atom. The maximum atomic E-state index is 13.3. The van der Waals surface area contributed by atoms with Crippen molar-refractivity contribution in [1.82, 2.24) is 15.5 Å². The number of rotatable bonds is 12. The van der Waals surface area contributed by atoms with Gasteiger partial charge in [0.15, 0.2) is 5.96 Å². The van der Waals surface area contributed by atoms with Crippen LogP contribution in [0, 0.1) is 0 Å². The van der Waals surface area contributed by atoms with Gasteiger partial charge in [0.25, 0.3) is 0 Å². The Bertz CT molecular complexity index is 969. The van der Waals surface area contributed by atoms with Gasteiger partial charge >= 0.3 is 12.1 Å². The van der Waals surface area contributed by atoms with E-state index in [0.717, 1.165) is 37.1 Å². The summed E-state index contributed by atoms with van der Waals surface area (Å²) in [6.07, 6.45) is 2.07. The van der Waals surface area contributed by atoms with Crippen molar-refractivity contribution in [2.45, 2.75) is 57.7 Å². The number of hydrogen-bond acceptors (Lipinski definition) is 8. The van der Waals surface area contributed by atoms with E-state index < -0.39 is 24.3 Å². The minimum atomic E-state index is -1.20. The monoisotopic (exact) mass is 534 g/mol. The van der Waals surface area contributed by atoms with Crippen LogP contribution in [0.1, 0.15) is 45.4 Å². The Kier molecular flexibility index (Phi) is 11.4. The molecule has 2 aliphatic rings. The number of aliphatic carboxylic acids is 1. The van der Waals surface area contributed by atoms with Crippen LogP contribution in [0.4, 0.5) is 20.6 Å². The largest absolute Gasteiger partial charge is 0.480 e. The number of alkyl carbamates (subject to hydrolysis) is 1. The summed E-state index contributed by atoms with van der Waals surface area (Å²) in [5.41, 5.74) is 1.82. The molecule has 0 aliphatic carbocycles. The van der Waals surface area contributed by atoms with Gasteiger partial charge in [-0.1, -0.05) is 32.3 Å². The number of carbonyl (C=O) groups is 3. The van der Waals surface area contributed by atoms with Gasteiger partial charge in [0.05, 0.1) is 19.7 Å². The number of benzene rings is 1. The van der Waals surface area contributed by atoms with Crippen molar-refractivity contribution in [3.05, 3.63) is 24.3 Å². The third-order valence-corrected chi connectivity index (χ3v) is 6.51. The van der Waals surface area contributed by atoms with Crippen LogP contribution in [0.5, 0.6) is 0 Å². The third-order valence-electron chi connectivity index (χ3n) is 6.51. The molecule has 210 valence electrons. The molecule has 2 unspecified atom stereocenters. The molecule has 2 heterocycles. The number of guanidine groups is 1. The number of anilines is 2. The van der Waals surface area contributed by atoms with E-state index in [1.807, 2.05) is 24.3 Å². The van der Waals surface area contributed by atoms with Gasteiger partial charge in [0, 0.05) is 44.0 Å². The van der Waals surface area contributed by atoms with Gasteiger partial charge in [0.1, 0.15) is 12.2 Å². The zero-order valence-corrected chi connectivity index (χ0v) is 22.0. The van der Waals surface area contributed by atoms with Crippen molar-refractivity contribution in [1.29, 1.82) is 0 Å². The number of nitrogens with zero attached hydrogens (tertiary/aromatic N) is 3. The number of aliphatic imine (C=N–C) groups is 1. The second kappa shape index (κ2) is 15.0. The number of carboxylic acid groups (broad SMARTS) is 1. The molecule has 2 atom stereocenters. The van der Waals surface area contributed by atoms with Gasteiger partial charge in [-0.3, -0.25) is 4.79 Å². The van der Waals surface area contributed by atoms with E-state index in [1.165, 1.54) is 0 Å². The predicted octanol–water partition coefficient (Wildman–Crippen LogP) is 2.58. The molecule has 2 aliphatic heterocycles. The minimum absolute atomic E-state index is 0.00585. The van der Waals surface area contributed by atoms with Crippen LogP contribution >= 0.6 is 0 Å². The fraction of sp³-hybridized carbons (Fsp3) is 0.615. The minimum Gasteiger partial charge on any atom is -0.480 e. The highest BCUT2D eigenvalue weighted by atomic mass is 19.1. The van der Waals surface area contributed by atoms with Crippen molar-refractivity contribution in [2.75, 3.05) is 56.1 Å². The van der Waals surface area contributed by atoms with Crippen molar-refractivity contribution in [3.63, 3.8) is 0 Å². The fourth-order valence-corrected chi connectivity index (χ4v) is 4.29. The van der Waals surface area contributed by atoms with Crippen molar-refractivity contribution < 1.29 is 28.6 Å². The van der Waals surface area contributed by atoms with Gasteiger partial charge in [-0.25, -0.2) is 19.0 Å². The highest BCUT2D eigenvalue weighted by Gasteiger charge is 2.26. The molecule has 11 nitrogen and oxygen atoms in total. The number of ether oxygens (including phenoxy) is 1. The molecule has 0 saturated carbocycles. The first-order valence-electron chi connectivity index (χ1n) is 13.3. The number of alkyl halides is 1. The normalized spacial score (nSPS) is 18.2. The molecule has 3 rings (SSSR count). The lowest BCUT2D eigenvalue weighted by atomic mass is 10.1. The third kappa shape index (κ3) is 9.38. The summed E-state index contributed by atoms with van der Waals surface area (Å²) in [7, 11) is 0. The number of halogens is 1. The molecule has 12 heteroatoms. The molecule has 1 aromatic carbocycles. The number of piperazine rings is 1. The van der Waals surface area contributed by atoms with E-state index >= 15 is 0 Å². The van der Waals surface area contributed by atoms with Crippen LogP contribution in [-0.2, 0) is 14.3 Å². The van der Waals surface area contributed by atoms with E-state index in [9.17, 15) is 23.9 Å². The highest BCUT2D eigenvalue weighted by Crippen LogP contribution is 2.21. The van der Waals surface area contributed by atoms with E-state index in [0.29, 0.717) is 32.1 Å². The molecular formula is C26H39FN6O5. The zero-order chi connectivity index (χ0) is 27.3. The fourth-order valence-electron chi connectivity index (χ4n) is 4.29. The van der Waals surface area contributed by atoms with Crippen LogP contribution < -0.4 is 20.9 Å². The van der Waals surface area contributed by atoms with E-state index in [2.05, 4.69) is 32.8 Å². The molecule has 0 aromatic heterocycles. The number of amides is 2. The molecular weight excluding hydrogens is 495 g/mol. The van der Waals surface area contributed by atoms with Crippen LogP contribution in [0.3, 0.4) is 0 Å². The highest BCUT2D eigenvalue weighted by molar-refractivity contribution is 5.94. The summed E-state index contributed by atoms with van der Waals surface area (Å²) in [6, 6.07) is 6.62. The molecule has 0 radical (unpaired) electrons. The van der Waals surface area contributed by atoms with Crippen molar-refractivity contribution in [2.24, 2.45) is 4.99 Å². The Labute approximate surface area is 222 Å². The summed E-state index contributed by atoms with van der Waals surface area (Å²) in [5.74, 6) is -0.799. The Morgan fingerprint density at radius 1 is 1.21 bits per heavy atom. The molecule has 1 saturated heterocycles. The van der Waals surface area contributed by atoms with Crippen LogP contribution in [-0.4, -0.2) is 92.0 Å². The summed E-state index contributed by atoms with van der Waals surface area (Å²) in [5, 5.41) is 17.9. The first-order chi connectivity index (χ1) is 18.4. The Morgan fingerprint density at radius 3 is 2.68 bits per heavy atom. The molecule has 2 amide bonds. The van der Waals surface area contributed by atoms with Gasteiger partial charge in [0.2, 0.25) is 5.91 Å². The van der Waals surface area contributed by atoms with Gasteiger partial charge < -0.3 is 35.6 Å². The molecule has 0 bridgehead atoms. The SMILES string of the molecule is CCCCCCOC(=O)NC(CCC(=O)N1CCN(c2cccc(NC3=NCC(F)CN3)c2)CC1)C(=O)O. The molecule has 4 N–H and O–H groups in total. The lowest BCUT2D eigenvalue weighted by Gasteiger charge is -2.36. The van der Waals surface area contributed by atoms with Crippen molar-refractivity contribution in [3.8, 4) is 0 Å². The number of carboxylic acids is 1. The molecule has 0 spiro atoms. The van der Waals surface area contributed by atoms with Crippen LogP contribution in [0.25, 0.3) is 0 Å². The second-order valence-corrected chi connectivity index (χ2v) is 9.48. The van der Waals surface area contributed by atoms with E-state index in [-0.39, 0.29) is 38.4 Å². The first-order valence-corrected chi connectivity index (χ1v) is 13.3. The van der Waals surface area contributed by atoms with E-state index in [1.54, 1.807) is 4.90 Å². The summed E-state index contributed by atoms with van der Waals surface area (Å²) in [4.78, 5) is 44.3. The standard InChI is InChI=1S/C26H39FN6O5/c1-2-3-4-5-15-38-26(37)31-22(24(35)36)9-10-23(34)33-13-11-32(12-14-33)21-8-6-7-20(16-21)30-25-28-17-19(27)18-29-25/h6-8,16,19,22H,2-5,9-15,17-18H2,1H3,(H,31,37)(H,35,36)(H2,28,29,30). The second-order valence-electron chi connectivity index (χ2n) is 9.48. The predicted molar refractivity (Wildman–Crippen MR) is 143 cm³/mol. The van der Waals surface area contributed by atoms with Gasteiger partial charge in [-0.05, 0) is 31.0 Å². The average molecular weight is 535 g/mol. The number of hydrogen-bond donors (Lipinski definition) is 4. The summed E-state index contributed by atoms with van der Waals surface area (Å²) >= 11 is 0. The van der Waals surface area contributed by atoms with Crippen molar-refractivity contribution >= 4 is 35.3 Å². The summed E-state index contributed by atoms with van der Waals surface area (Å²) < 4.78 is 18.3. The maximum Gasteiger partial charge on any atom is 0.407 e. The maximum absolute atomic E-state index is 13.3. The molecule has 38 heavy (non-hydrogen) atoms. The van der Waals surface area contributed by atoms with Gasteiger partial charge in [-0.2, -0.15) is 0 Å². The zero-order valence-electron chi connectivity index (χ0n) is 22.0. The average Bonchev–Trinajstić information content (AvgIpc) is 2.92. The topological polar surface area (TPSA) is 136 Å². The lowest BCUT2D eigenvalue weighted by molar-refractivity contribution is -0.140. The first kappa shape index (κ1) is 29.0. The van der Waals surface area contributed by atoms with E-state index in [4.69, 9.17) is 4.74 Å². The van der Waals surface area contributed by atoms with Gasteiger partial charge in [-0.15, -0.1) is 0 Å². The lowest BCUT2D eigenvalue weighted by Crippen LogP contribution is -2.49. The molecule has 1 fully saturated rings. The number of unbranched alkanes of at least 4 members (excludes halogenated alkanes) is 3. The quantitative estimate of drug-likeness (QED) is 0.301. The molecule has 1 aromatic rings. The smallest absolute Gasteiger partial charge is 0.407 e. The van der Waals surface area contributed by atoms with Crippen LogP contribution in [0.2, 0.25) is 0 Å². The Hall–Kier alpha value is -3.57. The summed E-state index contributed by atoms with van der Waals surface area (Å²) in [6.45, 7) is 4.96. The number of nitrogens with one attached hydrogen (secondary N) is 3.